The molecule has 2 rings (SSSR count). The third-order valence-corrected chi connectivity index (χ3v) is 4.50. The van der Waals surface area contributed by atoms with E-state index in [1.165, 1.54) is 31.2 Å². The van der Waals surface area contributed by atoms with E-state index < -0.39 is 0 Å². The van der Waals surface area contributed by atoms with Gasteiger partial charge < -0.3 is 5.73 Å². The van der Waals surface area contributed by atoms with E-state index >= 15 is 0 Å². The van der Waals surface area contributed by atoms with Crippen LogP contribution in [0.3, 0.4) is 0 Å². The van der Waals surface area contributed by atoms with Gasteiger partial charge in [0.15, 0.2) is 0 Å². The van der Waals surface area contributed by atoms with E-state index in [0.29, 0.717) is 6.42 Å². The summed E-state index contributed by atoms with van der Waals surface area (Å²) in [5.74, 6) is 1.16. The van der Waals surface area contributed by atoms with E-state index in [4.69, 9.17) is 11.1 Å². The topological polar surface area (TPSA) is 53.1 Å². The first-order chi connectivity index (χ1) is 9.70. The van der Waals surface area contributed by atoms with Gasteiger partial charge in [0.2, 0.25) is 0 Å². The van der Waals surface area contributed by atoms with Crippen LogP contribution in [0.2, 0.25) is 0 Å². The van der Waals surface area contributed by atoms with E-state index in [1.807, 2.05) is 6.07 Å². The second-order valence-corrected chi connectivity index (χ2v) is 5.90. The van der Waals surface area contributed by atoms with Gasteiger partial charge in [-0.3, -0.25) is 10.3 Å². The van der Waals surface area contributed by atoms with Crippen LogP contribution in [0.25, 0.3) is 0 Å². The molecular weight excluding hydrogens is 246 g/mol. The maximum Gasteiger partial charge on any atom is 0.0924 e. The summed E-state index contributed by atoms with van der Waals surface area (Å²) in [6, 6.07) is 10.8. The summed E-state index contributed by atoms with van der Waals surface area (Å²) in [7, 11) is 0. The summed E-state index contributed by atoms with van der Waals surface area (Å²) in [5.41, 5.74) is 6.98. The Hall–Kier alpha value is -1.35. The minimum Gasteiger partial charge on any atom is -0.388 e. The minimum atomic E-state index is 0.268. The molecule has 1 heterocycles. The molecule has 3 heteroatoms. The number of likely N-dealkylation sites (tertiary alicyclic amines) is 1. The molecule has 3 N–H and O–H groups in total. The molecule has 0 saturated carbocycles. The molecule has 0 aromatic heterocycles. The highest BCUT2D eigenvalue weighted by atomic mass is 15.2. The first-order valence-electron chi connectivity index (χ1n) is 7.82. The molecule has 0 radical (unpaired) electrons. The van der Waals surface area contributed by atoms with Crippen LogP contribution in [0.4, 0.5) is 0 Å². The van der Waals surface area contributed by atoms with Gasteiger partial charge in [0.25, 0.3) is 0 Å². The summed E-state index contributed by atoms with van der Waals surface area (Å²) in [4.78, 5) is 2.53. The van der Waals surface area contributed by atoms with Gasteiger partial charge in [-0.25, -0.2) is 0 Å². The fourth-order valence-electron chi connectivity index (χ4n) is 3.25. The maximum atomic E-state index is 7.67. The van der Waals surface area contributed by atoms with Crippen molar-refractivity contribution in [1.29, 1.82) is 5.41 Å². The van der Waals surface area contributed by atoms with E-state index in [2.05, 4.69) is 36.1 Å². The zero-order chi connectivity index (χ0) is 14.4. The number of benzene rings is 1. The average Bonchev–Trinajstić information content (AvgIpc) is 2.71. The van der Waals surface area contributed by atoms with Gasteiger partial charge in [-0.15, -0.1) is 0 Å². The quantitative estimate of drug-likeness (QED) is 0.636. The lowest BCUT2D eigenvalue weighted by molar-refractivity contribution is 0.206. The van der Waals surface area contributed by atoms with Crippen molar-refractivity contribution in [3.63, 3.8) is 0 Å². The van der Waals surface area contributed by atoms with Crippen molar-refractivity contribution in [2.24, 2.45) is 11.7 Å². The van der Waals surface area contributed by atoms with Crippen molar-refractivity contribution >= 4 is 5.84 Å². The van der Waals surface area contributed by atoms with Crippen molar-refractivity contribution in [3.05, 3.63) is 35.9 Å². The molecule has 110 valence electrons. The van der Waals surface area contributed by atoms with E-state index in [9.17, 15) is 0 Å². The molecule has 2 unspecified atom stereocenters. The number of hydrogen-bond acceptors (Lipinski definition) is 2. The monoisotopic (exact) mass is 273 g/mol. The summed E-state index contributed by atoms with van der Waals surface area (Å²) in [6.45, 7) is 4.55. The van der Waals surface area contributed by atoms with E-state index in [1.54, 1.807) is 0 Å². The molecule has 1 aromatic rings. The number of rotatable bonds is 5. The number of nitrogens with zero attached hydrogens (tertiary/aromatic N) is 1. The van der Waals surface area contributed by atoms with Crippen LogP contribution in [-0.2, 0) is 0 Å². The van der Waals surface area contributed by atoms with Crippen molar-refractivity contribution in [1.82, 2.24) is 4.90 Å². The Labute approximate surface area is 122 Å². The summed E-state index contributed by atoms with van der Waals surface area (Å²) < 4.78 is 0. The lowest BCUT2D eigenvalue weighted by Crippen LogP contribution is -2.32. The van der Waals surface area contributed by atoms with Gasteiger partial charge in [-0.2, -0.15) is 0 Å². The average molecular weight is 273 g/mol. The second kappa shape index (κ2) is 7.44. The summed E-state index contributed by atoms with van der Waals surface area (Å²) >= 11 is 0. The van der Waals surface area contributed by atoms with Gasteiger partial charge in [0.05, 0.1) is 5.84 Å². The van der Waals surface area contributed by atoms with Crippen LogP contribution < -0.4 is 5.73 Å². The SMILES string of the molecule is CCC1CCCN(C(CC(=N)N)c2ccccc2)CC1. The molecule has 0 amide bonds. The number of hydrogen-bond donors (Lipinski definition) is 2. The van der Waals surface area contributed by atoms with Gasteiger partial charge >= 0.3 is 0 Å². The molecule has 2 atom stereocenters. The smallest absolute Gasteiger partial charge is 0.0924 e. The summed E-state index contributed by atoms with van der Waals surface area (Å²) in [5, 5.41) is 7.67. The van der Waals surface area contributed by atoms with Crippen molar-refractivity contribution in [3.8, 4) is 0 Å². The van der Waals surface area contributed by atoms with Crippen LogP contribution in [0.1, 0.15) is 50.6 Å². The van der Waals surface area contributed by atoms with Crippen LogP contribution in [-0.4, -0.2) is 23.8 Å². The molecular formula is C17H27N3. The Balaban J connectivity index is 2.12. The molecule has 1 aromatic carbocycles. The molecule has 0 bridgehead atoms. The molecule has 3 nitrogen and oxygen atoms in total. The highest BCUT2D eigenvalue weighted by molar-refractivity contribution is 5.77. The van der Waals surface area contributed by atoms with E-state index in [-0.39, 0.29) is 11.9 Å². The first-order valence-corrected chi connectivity index (χ1v) is 7.82. The maximum absolute atomic E-state index is 7.67. The Morgan fingerprint density at radius 1 is 1.30 bits per heavy atom. The fourth-order valence-corrected chi connectivity index (χ4v) is 3.25. The number of nitrogens with one attached hydrogen (secondary N) is 1. The molecule has 1 aliphatic heterocycles. The van der Waals surface area contributed by atoms with Crippen molar-refractivity contribution < 1.29 is 0 Å². The molecule has 1 saturated heterocycles. The van der Waals surface area contributed by atoms with Crippen molar-refractivity contribution in [2.75, 3.05) is 13.1 Å². The zero-order valence-electron chi connectivity index (χ0n) is 12.5. The van der Waals surface area contributed by atoms with Gasteiger partial charge in [-0.05, 0) is 43.8 Å². The number of amidine groups is 1. The minimum absolute atomic E-state index is 0.268. The van der Waals surface area contributed by atoms with E-state index in [0.717, 1.165) is 19.0 Å². The lowest BCUT2D eigenvalue weighted by atomic mass is 9.98. The molecule has 0 aliphatic carbocycles. The molecule has 20 heavy (non-hydrogen) atoms. The second-order valence-electron chi connectivity index (χ2n) is 5.90. The lowest BCUT2D eigenvalue weighted by Gasteiger charge is -2.31. The predicted octanol–water partition coefficient (Wildman–Crippen LogP) is 3.57. The highest BCUT2D eigenvalue weighted by Crippen LogP contribution is 2.29. The van der Waals surface area contributed by atoms with Gasteiger partial charge in [0.1, 0.15) is 0 Å². The largest absolute Gasteiger partial charge is 0.388 e. The van der Waals surface area contributed by atoms with Crippen LogP contribution in [0, 0.1) is 11.3 Å². The fraction of sp³-hybridized carbons (Fsp3) is 0.588. The Kier molecular flexibility index (Phi) is 5.60. The number of nitrogens with two attached hydrogens (primary N) is 1. The van der Waals surface area contributed by atoms with Gasteiger partial charge in [-0.1, -0.05) is 43.7 Å². The van der Waals surface area contributed by atoms with Crippen LogP contribution >= 0.6 is 0 Å². The standard InChI is InChI=1S/C17H27N3/c1-2-14-7-6-11-20(12-10-14)16(13-17(18)19)15-8-4-3-5-9-15/h3-5,8-9,14,16H,2,6-7,10-13H2,1H3,(H3,18,19). The molecule has 1 aliphatic rings. The van der Waals surface area contributed by atoms with Crippen molar-refractivity contribution in [2.45, 2.75) is 45.1 Å². The molecule has 1 fully saturated rings. The highest BCUT2D eigenvalue weighted by Gasteiger charge is 2.24. The normalized spacial score (nSPS) is 22.1. The van der Waals surface area contributed by atoms with Crippen LogP contribution in [0.15, 0.2) is 30.3 Å². The zero-order valence-corrected chi connectivity index (χ0v) is 12.5. The third kappa shape index (κ3) is 4.07. The van der Waals surface area contributed by atoms with Crippen LogP contribution in [0.5, 0.6) is 0 Å². The summed E-state index contributed by atoms with van der Waals surface area (Å²) in [6.07, 6.45) is 5.81. The Bertz CT molecular complexity index is 416. The van der Waals surface area contributed by atoms with Gasteiger partial charge in [0, 0.05) is 12.5 Å². The predicted molar refractivity (Wildman–Crippen MR) is 84.9 cm³/mol. The Morgan fingerprint density at radius 3 is 2.70 bits per heavy atom. The third-order valence-electron chi connectivity index (χ3n) is 4.50. The Morgan fingerprint density at radius 2 is 2.05 bits per heavy atom. The first kappa shape index (κ1) is 15.0. The molecule has 0 spiro atoms.